The van der Waals surface area contributed by atoms with E-state index in [-0.39, 0.29) is 30.8 Å². The predicted octanol–water partition coefficient (Wildman–Crippen LogP) is 1.36. The molecule has 214 valence electrons. The Hall–Kier alpha value is -0.0300. The first-order valence-corrected chi connectivity index (χ1v) is 14.4. The molecule has 0 atom stereocenters. The lowest BCUT2D eigenvalue weighted by Gasteiger charge is -2.31. The van der Waals surface area contributed by atoms with Crippen molar-refractivity contribution in [1.29, 1.82) is 0 Å². The Labute approximate surface area is 232 Å². The summed E-state index contributed by atoms with van der Waals surface area (Å²) in [7, 11) is 11.2. The van der Waals surface area contributed by atoms with E-state index in [0.29, 0.717) is 13.0 Å². The molecule has 4 nitrogen and oxygen atoms in total. The summed E-state index contributed by atoms with van der Waals surface area (Å²) in [5.41, 5.74) is 0. The smallest absolute Gasteiger partial charge is 0.305 e. The minimum Gasteiger partial charge on any atom is -1.00 e. The minimum absolute atomic E-state index is 0. The van der Waals surface area contributed by atoms with Crippen LogP contribution in [0.4, 0.5) is 0 Å². The van der Waals surface area contributed by atoms with Crippen molar-refractivity contribution in [2.75, 3.05) is 61.5 Å². The molecular formula is C29H62Cl2N2O2. The van der Waals surface area contributed by atoms with Crippen molar-refractivity contribution in [3.63, 3.8) is 0 Å². The number of halogens is 2. The monoisotopic (exact) mass is 540 g/mol. The topological polar surface area (TPSA) is 26.3 Å². The summed E-state index contributed by atoms with van der Waals surface area (Å²) in [5, 5.41) is 0. The molecule has 0 aromatic rings. The van der Waals surface area contributed by atoms with Crippen LogP contribution in [0.5, 0.6) is 0 Å². The Kier molecular flexibility index (Phi) is 28.9. The molecule has 0 aromatic carbocycles. The Balaban J connectivity index is -0.00000512. The Morgan fingerprint density at radius 2 is 0.943 bits per heavy atom. The number of hydrogen-bond acceptors (Lipinski definition) is 2. The second-order valence-electron chi connectivity index (χ2n) is 12.0. The number of quaternary nitrogens is 2. The molecular weight excluding hydrogens is 479 g/mol. The van der Waals surface area contributed by atoms with E-state index in [1.165, 1.54) is 109 Å². The zero-order chi connectivity index (χ0) is 24.8. The molecule has 0 heterocycles. The molecule has 35 heavy (non-hydrogen) atoms. The van der Waals surface area contributed by atoms with Crippen LogP contribution in [0.1, 0.15) is 122 Å². The fraction of sp³-hybridized carbons (Fsp3) is 0.966. The van der Waals surface area contributed by atoms with Crippen LogP contribution < -0.4 is 24.8 Å². The van der Waals surface area contributed by atoms with Gasteiger partial charge in [-0.25, -0.2) is 0 Å². The van der Waals surface area contributed by atoms with Crippen molar-refractivity contribution in [2.24, 2.45) is 0 Å². The molecule has 0 radical (unpaired) electrons. The molecule has 0 N–H and O–H groups in total. The third-order valence-corrected chi connectivity index (χ3v) is 6.79. The van der Waals surface area contributed by atoms with Gasteiger partial charge in [0.2, 0.25) is 0 Å². The van der Waals surface area contributed by atoms with Gasteiger partial charge in [-0.05, 0) is 6.42 Å². The Morgan fingerprint density at radius 3 is 1.34 bits per heavy atom. The predicted molar refractivity (Wildman–Crippen MR) is 144 cm³/mol. The minimum atomic E-state index is -0.00767. The van der Waals surface area contributed by atoms with Gasteiger partial charge in [0.25, 0.3) is 0 Å². The summed E-state index contributed by atoms with van der Waals surface area (Å²) in [4.78, 5) is 12.0. The number of rotatable bonds is 24. The van der Waals surface area contributed by atoms with Crippen molar-refractivity contribution in [3.05, 3.63) is 0 Å². The van der Waals surface area contributed by atoms with Crippen molar-refractivity contribution < 1.29 is 43.3 Å². The fourth-order valence-corrected chi connectivity index (χ4v) is 4.38. The molecule has 0 fully saturated rings. The third kappa shape index (κ3) is 31.9. The SMILES string of the molecule is CCCCCCCCCCCCCCCCCCC(=O)OCC[N+](C)(C)CCC[N+](C)(C)C.[Cl-].[Cl-]. The molecule has 0 aliphatic rings. The van der Waals surface area contributed by atoms with Gasteiger partial charge < -0.3 is 38.5 Å². The summed E-state index contributed by atoms with van der Waals surface area (Å²) in [5.74, 6) is -0.00767. The number of hydrogen-bond donors (Lipinski definition) is 0. The van der Waals surface area contributed by atoms with Crippen molar-refractivity contribution in [3.8, 4) is 0 Å². The van der Waals surface area contributed by atoms with E-state index in [0.717, 1.165) is 28.5 Å². The molecule has 0 saturated carbocycles. The van der Waals surface area contributed by atoms with E-state index >= 15 is 0 Å². The number of carbonyl (C=O) groups is 1. The van der Waals surface area contributed by atoms with E-state index in [1.54, 1.807) is 0 Å². The maximum atomic E-state index is 12.0. The zero-order valence-electron chi connectivity index (χ0n) is 24.5. The van der Waals surface area contributed by atoms with Crippen LogP contribution in [0, 0.1) is 0 Å². The lowest BCUT2D eigenvalue weighted by atomic mass is 10.0. The quantitative estimate of drug-likeness (QED) is 0.105. The first-order chi connectivity index (χ1) is 15.7. The molecule has 0 aromatic heterocycles. The van der Waals surface area contributed by atoms with E-state index < -0.39 is 0 Å². The van der Waals surface area contributed by atoms with Crippen LogP contribution in [0.3, 0.4) is 0 Å². The standard InChI is InChI=1S/C29H62N2O2.2ClH/c1-7-8-9-10-11-12-13-14-15-16-17-18-19-20-21-22-24-29(32)33-28-27-31(5,6)26-23-25-30(2,3)4;;/h7-28H2,1-6H3;2*1H/q+2;;/p-2. The van der Waals surface area contributed by atoms with Gasteiger partial charge in [0, 0.05) is 12.8 Å². The van der Waals surface area contributed by atoms with Gasteiger partial charge >= 0.3 is 5.97 Å². The van der Waals surface area contributed by atoms with Gasteiger partial charge in [0.05, 0.1) is 48.3 Å². The van der Waals surface area contributed by atoms with Crippen LogP contribution in [0.15, 0.2) is 0 Å². The Morgan fingerprint density at radius 1 is 0.543 bits per heavy atom. The van der Waals surface area contributed by atoms with Crippen LogP contribution in [0.2, 0.25) is 0 Å². The average molecular weight is 542 g/mol. The maximum Gasteiger partial charge on any atom is 0.305 e. The summed E-state index contributed by atoms with van der Waals surface area (Å²) < 4.78 is 7.42. The molecule has 0 bridgehead atoms. The molecule has 0 saturated heterocycles. The third-order valence-electron chi connectivity index (χ3n) is 6.79. The molecule has 0 spiro atoms. The van der Waals surface area contributed by atoms with Gasteiger partial charge in [0.15, 0.2) is 0 Å². The Bertz CT molecular complexity index is 454. The number of nitrogens with zero attached hydrogens (tertiary/aromatic N) is 2. The summed E-state index contributed by atoms with van der Waals surface area (Å²) >= 11 is 0. The first-order valence-electron chi connectivity index (χ1n) is 14.4. The van der Waals surface area contributed by atoms with E-state index in [4.69, 9.17) is 4.74 Å². The highest BCUT2D eigenvalue weighted by Gasteiger charge is 2.18. The molecule has 6 heteroatoms. The second kappa shape index (κ2) is 25.6. The molecule has 0 amide bonds. The van der Waals surface area contributed by atoms with E-state index in [1.807, 2.05) is 0 Å². The number of esters is 1. The normalized spacial score (nSPS) is 11.6. The molecule has 0 unspecified atom stereocenters. The first kappa shape index (κ1) is 39.5. The van der Waals surface area contributed by atoms with Gasteiger partial charge in [-0.1, -0.05) is 103 Å². The zero-order valence-corrected chi connectivity index (χ0v) is 26.0. The molecule has 0 aliphatic heterocycles. The molecule has 0 aliphatic carbocycles. The number of ether oxygens (including phenoxy) is 1. The summed E-state index contributed by atoms with van der Waals surface area (Å²) in [6.07, 6.45) is 23.5. The summed E-state index contributed by atoms with van der Waals surface area (Å²) in [6, 6.07) is 0. The highest BCUT2D eigenvalue weighted by atomic mass is 35.5. The van der Waals surface area contributed by atoms with Crippen molar-refractivity contribution >= 4 is 5.97 Å². The van der Waals surface area contributed by atoms with Gasteiger partial charge in [-0.2, -0.15) is 0 Å². The maximum absolute atomic E-state index is 12.0. The van der Waals surface area contributed by atoms with Crippen LogP contribution >= 0.6 is 0 Å². The van der Waals surface area contributed by atoms with E-state index in [9.17, 15) is 4.79 Å². The number of carbonyl (C=O) groups excluding carboxylic acids is 1. The highest BCUT2D eigenvalue weighted by molar-refractivity contribution is 5.69. The fourth-order valence-electron chi connectivity index (χ4n) is 4.38. The number of likely N-dealkylation sites (N-methyl/N-ethyl adjacent to an activating group) is 1. The molecule has 0 rings (SSSR count). The van der Waals surface area contributed by atoms with Crippen LogP contribution in [-0.4, -0.2) is 76.4 Å². The largest absolute Gasteiger partial charge is 1.00 e. The summed E-state index contributed by atoms with van der Waals surface area (Å²) in [6.45, 7) is 6.05. The lowest BCUT2D eigenvalue weighted by Crippen LogP contribution is -3.00. The lowest BCUT2D eigenvalue weighted by molar-refractivity contribution is -0.902. The van der Waals surface area contributed by atoms with Crippen molar-refractivity contribution in [2.45, 2.75) is 122 Å². The van der Waals surface area contributed by atoms with Gasteiger partial charge in [0.1, 0.15) is 13.2 Å². The van der Waals surface area contributed by atoms with E-state index in [2.05, 4.69) is 42.2 Å². The van der Waals surface area contributed by atoms with Crippen LogP contribution in [0.25, 0.3) is 0 Å². The van der Waals surface area contributed by atoms with Crippen molar-refractivity contribution in [1.82, 2.24) is 0 Å². The van der Waals surface area contributed by atoms with Crippen LogP contribution in [-0.2, 0) is 9.53 Å². The second-order valence-corrected chi connectivity index (χ2v) is 12.0. The highest BCUT2D eigenvalue weighted by Crippen LogP contribution is 2.14. The van der Waals surface area contributed by atoms with Gasteiger partial charge in [-0.15, -0.1) is 0 Å². The van der Waals surface area contributed by atoms with Gasteiger partial charge in [-0.3, -0.25) is 4.79 Å². The average Bonchev–Trinajstić information content (AvgIpc) is 2.72. The number of unbranched alkanes of at least 4 members (excludes halogenated alkanes) is 15.